The summed E-state index contributed by atoms with van der Waals surface area (Å²) in [6.07, 6.45) is 4.43. The zero-order valence-electron chi connectivity index (χ0n) is 14.9. The molecule has 0 spiro atoms. The highest BCUT2D eigenvalue weighted by molar-refractivity contribution is 5.68. The molecule has 1 aliphatic rings. The smallest absolute Gasteiger partial charge is 0.410 e. The summed E-state index contributed by atoms with van der Waals surface area (Å²) in [6, 6.07) is 0.423. The van der Waals surface area contributed by atoms with Crippen LogP contribution in [0.1, 0.15) is 64.7 Å². The van der Waals surface area contributed by atoms with Crippen molar-refractivity contribution in [3.63, 3.8) is 0 Å². The fraction of sp³-hybridized carbons (Fsp3) is 0.765. The minimum Gasteiger partial charge on any atom is -0.444 e. The van der Waals surface area contributed by atoms with Crippen molar-refractivity contribution >= 4 is 6.09 Å². The quantitative estimate of drug-likeness (QED) is 0.923. The fourth-order valence-corrected chi connectivity index (χ4v) is 2.77. The van der Waals surface area contributed by atoms with E-state index in [4.69, 9.17) is 9.15 Å². The lowest BCUT2D eigenvalue weighted by Crippen LogP contribution is -2.38. The number of hydrogen-bond acceptors (Lipinski definition) is 5. The molecule has 6 nitrogen and oxygen atoms in total. The second-order valence-electron chi connectivity index (χ2n) is 7.29. The molecule has 6 heteroatoms. The molecule has 2 atom stereocenters. The largest absolute Gasteiger partial charge is 0.444 e. The third kappa shape index (κ3) is 5.53. The topological polar surface area (TPSA) is 67.6 Å². The van der Waals surface area contributed by atoms with E-state index < -0.39 is 5.60 Å². The van der Waals surface area contributed by atoms with Crippen molar-refractivity contribution < 1.29 is 13.9 Å². The van der Waals surface area contributed by atoms with Crippen LogP contribution in [0, 0.1) is 6.92 Å². The Morgan fingerprint density at radius 1 is 1.43 bits per heavy atom. The van der Waals surface area contributed by atoms with Crippen LogP contribution in [0.5, 0.6) is 0 Å². The van der Waals surface area contributed by atoms with Gasteiger partial charge in [0, 0.05) is 19.1 Å². The molecule has 1 aromatic heterocycles. The van der Waals surface area contributed by atoms with Gasteiger partial charge in [0.2, 0.25) is 5.89 Å². The molecule has 0 saturated carbocycles. The number of nitrogens with one attached hydrogen (secondary N) is 1. The Hall–Kier alpha value is -1.56. The summed E-state index contributed by atoms with van der Waals surface area (Å²) in [5.74, 6) is 1.54. The van der Waals surface area contributed by atoms with Crippen LogP contribution in [0.4, 0.5) is 4.79 Å². The van der Waals surface area contributed by atoms with Crippen molar-refractivity contribution in [2.75, 3.05) is 13.1 Å². The van der Waals surface area contributed by atoms with E-state index in [1.165, 1.54) is 0 Å². The Bertz CT molecular complexity index is 521. The zero-order chi connectivity index (χ0) is 17.0. The Morgan fingerprint density at radius 3 is 2.78 bits per heavy atom. The van der Waals surface area contributed by atoms with Gasteiger partial charge in [-0.15, -0.1) is 0 Å². The molecule has 23 heavy (non-hydrogen) atoms. The summed E-state index contributed by atoms with van der Waals surface area (Å²) in [5.41, 5.74) is -0.446. The number of ether oxygens (including phenoxy) is 1. The summed E-state index contributed by atoms with van der Waals surface area (Å²) in [6.45, 7) is 11.1. The first-order chi connectivity index (χ1) is 10.7. The maximum absolute atomic E-state index is 12.2. The molecule has 1 aliphatic heterocycles. The van der Waals surface area contributed by atoms with Crippen molar-refractivity contribution in [2.24, 2.45) is 0 Å². The molecule has 2 unspecified atom stereocenters. The Labute approximate surface area is 138 Å². The first kappa shape index (κ1) is 17.8. The van der Waals surface area contributed by atoms with Crippen LogP contribution in [0.15, 0.2) is 10.6 Å². The molecular weight excluding hydrogens is 294 g/mol. The van der Waals surface area contributed by atoms with Crippen molar-refractivity contribution in [3.8, 4) is 0 Å². The first-order valence-corrected chi connectivity index (χ1v) is 8.41. The van der Waals surface area contributed by atoms with Crippen molar-refractivity contribution in [2.45, 2.75) is 71.6 Å². The zero-order valence-corrected chi connectivity index (χ0v) is 14.9. The summed E-state index contributed by atoms with van der Waals surface area (Å²) >= 11 is 0. The highest BCUT2D eigenvalue weighted by Crippen LogP contribution is 2.19. The number of aryl methyl sites for hydroxylation is 1. The Balaban J connectivity index is 1.85. The van der Waals surface area contributed by atoms with E-state index in [0.717, 1.165) is 37.5 Å². The molecule has 2 heterocycles. The van der Waals surface area contributed by atoms with E-state index in [1.54, 1.807) is 6.20 Å². The van der Waals surface area contributed by atoms with Crippen LogP contribution in [-0.2, 0) is 4.74 Å². The van der Waals surface area contributed by atoms with E-state index in [2.05, 4.69) is 17.2 Å². The number of nitrogens with zero attached hydrogens (tertiary/aromatic N) is 2. The second kappa shape index (κ2) is 7.34. The lowest BCUT2D eigenvalue weighted by Gasteiger charge is -2.26. The molecule has 1 N–H and O–H groups in total. The third-order valence-electron chi connectivity index (χ3n) is 3.88. The molecule has 0 bridgehead atoms. The van der Waals surface area contributed by atoms with Crippen molar-refractivity contribution in [1.29, 1.82) is 0 Å². The van der Waals surface area contributed by atoms with Gasteiger partial charge in [-0.2, -0.15) is 0 Å². The van der Waals surface area contributed by atoms with Crippen LogP contribution in [0.2, 0.25) is 0 Å². The molecule has 2 rings (SSSR count). The minimum atomic E-state index is -0.446. The normalized spacial score (nSPS) is 20.9. The number of hydrogen-bond donors (Lipinski definition) is 1. The lowest BCUT2D eigenvalue weighted by molar-refractivity contribution is 0.0256. The van der Waals surface area contributed by atoms with Gasteiger partial charge < -0.3 is 19.4 Å². The van der Waals surface area contributed by atoms with Gasteiger partial charge in [-0.25, -0.2) is 9.78 Å². The molecule has 0 aliphatic carbocycles. The summed E-state index contributed by atoms with van der Waals surface area (Å²) < 4.78 is 11.0. The average molecular weight is 323 g/mol. The van der Waals surface area contributed by atoms with Crippen LogP contribution < -0.4 is 5.32 Å². The van der Waals surface area contributed by atoms with Crippen LogP contribution >= 0.6 is 0 Å². The van der Waals surface area contributed by atoms with E-state index >= 15 is 0 Å². The standard InChI is InChI=1S/C17H29N3O3/c1-12-11-18-15(22-12)13(2)19-14-7-6-9-20(10-8-14)16(21)23-17(3,4)5/h11,13-14,19H,6-10H2,1-5H3. The van der Waals surface area contributed by atoms with Gasteiger partial charge in [0.15, 0.2) is 0 Å². The molecule has 0 radical (unpaired) electrons. The fourth-order valence-electron chi connectivity index (χ4n) is 2.77. The molecule has 1 amide bonds. The van der Waals surface area contributed by atoms with Gasteiger partial charge >= 0.3 is 6.09 Å². The van der Waals surface area contributed by atoms with Gasteiger partial charge in [0.25, 0.3) is 0 Å². The SMILES string of the molecule is Cc1cnc(C(C)NC2CCCN(C(=O)OC(C)(C)C)CC2)o1. The average Bonchev–Trinajstić information content (AvgIpc) is 2.73. The molecule has 1 aromatic rings. The summed E-state index contributed by atoms with van der Waals surface area (Å²) in [5, 5.41) is 3.56. The van der Waals surface area contributed by atoms with Crippen LogP contribution in [-0.4, -0.2) is 40.7 Å². The first-order valence-electron chi connectivity index (χ1n) is 8.41. The molecule has 1 saturated heterocycles. The maximum atomic E-state index is 12.2. The van der Waals surface area contributed by atoms with Gasteiger partial charge in [-0.3, -0.25) is 0 Å². The summed E-state index contributed by atoms with van der Waals surface area (Å²) in [4.78, 5) is 18.3. The predicted molar refractivity (Wildman–Crippen MR) is 88.2 cm³/mol. The van der Waals surface area contributed by atoms with E-state index in [0.29, 0.717) is 12.6 Å². The van der Waals surface area contributed by atoms with E-state index in [9.17, 15) is 4.79 Å². The highest BCUT2D eigenvalue weighted by Gasteiger charge is 2.26. The van der Waals surface area contributed by atoms with Gasteiger partial charge in [-0.1, -0.05) is 0 Å². The number of likely N-dealkylation sites (tertiary alicyclic amines) is 1. The molecular formula is C17H29N3O3. The van der Waals surface area contributed by atoms with Crippen molar-refractivity contribution in [3.05, 3.63) is 17.8 Å². The highest BCUT2D eigenvalue weighted by atomic mass is 16.6. The van der Waals surface area contributed by atoms with E-state index in [1.807, 2.05) is 32.6 Å². The molecule has 0 aromatic carbocycles. The van der Waals surface area contributed by atoms with Crippen molar-refractivity contribution in [1.82, 2.24) is 15.2 Å². The number of carbonyl (C=O) groups is 1. The van der Waals surface area contributed by atoms with Gasteiger partial charge in [-0.05, 0) is 53.9 Å². The predicted octanol–water partition coefficient (Wildman–Crippen LogP) is 3.42. The molecule has 1 fully saturated rings. The Morgan fingerprint density at radius 2 is 2.17 bits per heavy atom. The second-order valence-corrected chi connectivity index (χ2v) is 7.29. The van der Waals surface area contributed by atoms with Gasteiger partial charge in [0.05, 0.1) is 12.2 Å². The van der Waals surface area contributed by atoms with Crippen LogP contribution in [0.3, 0.4) is 0 Å². The third-order valence-corrected chi connectivity index (χ3v) is 3.88. The summed E-state index contributed by atoms with van der Waals surface area (Å²) in [7, 11) is 0. The van der Waals surface area contributed by atoms with Crippen LogP contribution in [0.25, 0.3) is 0 Å². The van der Waals surface area contributed by atoms with E-state index in [-0.39, 0.29) is 12.1 Å². The number of rotatable bonds is 3. The number of aromatic nitrogens is 1. The minimum absolute atomic E-state index is 0.0711. The Kier molecular flexibility index (Phi) is 5.68. The number of carbonyl (C=O) groups excluding carboxylic acids is 1. The number of amides is 1. The number of oxazole rings is 1. The van der Waals surface area contributed by atoms with Gasteiger partial charge in [0.1, 0.15) is 11.4 Å². The molecule has 130 valence electrons. The monoisotopic (exact) mass is 323 g/mol. The maximum Gasteiger partial charge on any atom is 0.410 e. The lowest BCUT2D eigenvalue weighted by atomic mass is 10.1.